The highest BCUT2D eigenvalue weighted by molar-refractivity contribution is 7.98. The van der Waals surface area contributed by atoms with E-state index in [0.29, 0.717) is 12.1 Å². The Morgan fingerprint density at radius 2 is 1.95 bits per heavy atom. The summed E-state index contributed by atoms with van der Waals surface area (Å²) in [6.45, 7) is 0.424. The molecular formula is C14H23NO3S2. The van der Waals surface area contributed by atoms with Crippen LogP contribution in [0.3, 0.4) is 0 Å². The van der Waals surface area contributed by atoms with Crippen molar-refractivity contribution in [1.29, 1.82) is 0 Å². The normalized spacial score (nSPS) is 11.7. The highest BCUT2D eigenvalue weighted by Crippen LogP contribution is 2.09. The van der Waals surface area contributed by atoms with Crippen molar-refractivity contribution in [3.8, 4) is 0 Å². The largest absolute Gasteiger partial charge is 0.392 e. The number of aliphatic hydroxyl groups is 1. The molecular weight excluding hydrogens is 294 g/mol. The van der Waals surface area contributed by atoms with Crippen LogP contribution in [-0.4, -0.2) is 32.1 Å². The van der Waals surface area contributed by atoms with Gasteiger partial charge in [-0.05, 0) is 36.0 Å². The smallest absolute Gasteiger partial charge is 0.215 e. The summed E-state index contributed by atoms with van der Waals surface area (Å²) in [6.07, 6.45) is 5.12. The molecule has 0 fully saturated rings. The summed E-state index contributed by atoms with van der Waals surface area (Å²) in [7, 11) is -3.29. The minimum atomic E-state index is -3.29. The fraction of sp³-hybridized carbons (Fsp3) is 0.571. The van der Waals surface area contributed by atoms with Gasteiger partial charge in [0.25, 0.3) is 0 Å². The van der Waals surface area contributed by atoms with E-state index in [-0.39, 0.29) is 12.4 Å². The molecule has 0 unspecified atom stereocenters. The van der Waals surface area contributed by atoms with Crippen molar-refractivity contribution < 1.29 is 13.5 Å². The van der Waals surface area contributed by atoms with Crippen LogP contribution in [0.2, 0.25) is 0 Å². The molecule has 0 aliphatic carbocycles. The lowest BCUT2D eigenvalue weighted by Gasteiger charge is -2.07. The van der Waals surface area contributed by atoms with E-state index >= 15 is 0 Å². The lowest BCUT2D eigenvalue weighted by Crippen LogP contribution is -2.26. The first-order chi connectivity index (χ1) is 9.57. The summed E-state index contributed by atoms with van der Waals surface area (Å²) in [6, 6.07) is 7.02. The quantitative estimate of drug-likeness (QED) is 0.649. The topological polar surface area (TPSA) is 66.4 Å². The van der Waals surface area contributed by atoms with Crippen molar-refractivity contribution in [3.63, 3.8) is 0 Å². The Kier molecular flexibility index (Phi) is 8.21. The lowest BCUT2D eigenvalue weighted by atomic mass is 10.1. The Morgan fingerprint density at radius 3 is 2.65 bits per heavy atom. The molecule has 2 N–H and O–H groups in total. The number of thioether (sulfide) groups is 1. The average Bonchev–Trinajstić information content (AvgIpc) is 2.42. The van der Waals surface area contributed by atoms with Crippen molar-refractivity contribution >= 4 is 21.8 Å². The minimum Gasteiger partial charge on any atom is -0.392 e. The molecule has 0 heterocycles. The maximum atomic E-state index is 11.9. The van der Waals surface area contributed by atoms with Gasteiger partial charge in [0.1, 0.15) is 0 Å². The van der Waals surface area contributed by atoms with Crippen molar-refractivity contribution in [2.75, 3.05) is 18.6 Å². The Morgan fingerprint density at radius 1 is 1.20 bits per heavy atom. The Balaban J connectivity index is 2.37. The second kappa shape index (κ2) is 9.39. The highest BCUT2D eigenvalue weighted by atomic mass is 32.2. The second-order valence-electron chi connectivity index (χ2n) is 4.68. The summed E-state index contributed by atoms with van der Waals surface area (Å²) >= 11 is 1.81. The van der Waals surface area contributed by atoms with E-state index in [1.54, 1.807) is 24.3 Å². The molecule has 0 saturated carbocycles. The third kappa shape index (κ3) is 7.28. The van der Waals surface area contributed by atoms with Crippen LogP contribution in [0, 0.1) is 0 Å². The van der Waals surface area contributed by atoms with E-state index in [4.69, 9.17) is 5.11 Å². The zero-order valence-corrected chi connectivity index (χ0v) is 13.5. The number of benzene rings is 1. The fourth-order valence-electron chi connectivity index (χ4n) is 1.86. The van der Waals surface area contributed by atoms with Gasteiger partial charge in [0.2, 0.25) is 10.0 Å². The molecule has 0 aliphatic heterocycles. The van der Waals surface area contributed by atoms with Gasteiger partial charge in [0.05, 0.1) is 12.4 Å². The van der Waals surface area contributed by atoms with Crippen molar-refractivity contribution in [1.82, 2.24) is 4.72 Å². The Hall–Kier alpha value is -0.560. The number of rotatable bonds is 10. The molecule has 6 heteroatoms. The summed E-state index contributed by atoms with van der Waals surface area (Å²) in [5.41, 5.74) is 1.43. The predicted molar refractivity (Wildman–Crippen MR) is 85.2 cm³/mol. The summed E-state index contributed by atoms with van der Waals surface area (Å²) in [5, 5.41) is 9.04. The second-order valence-corrected chi connectivity index (χ2v) is 7.48. The highest BCUT2D eigenvalue weighted by Gasteiger charge is 2.10. The van der Waals surface area contributed by atoms with Crippen LogP contribution in [0.25, 0.3) is 0 Å². The van der Waals surface area contributed by atoms with Crippen molar-refractivity contribution in [2.24, 2.45) is 0 Å². The van der Waals surface area contributed by atoms with E-state index in [1.165, 1.54) is 0 Å². The maximum absolute atomic E-state index is 11.9. The molecule has 0 saturated heterocycles. The third-order valence-electron chi connectivity index (χ3n) is 2.88. The van der Waals surface area contributed by atoms with Gasteiger partial charge in [-0.15, -0.1) is 0 Å². The number of aliphatic hydroxyl groups excluding tert-OH is 1. The van der Waals surface area contributed by atoms with Crippen molar-refractivity contribution in [2.45, 2.75) is 31.6 Å². The van der Waals surface area contributed by atoms with Gasteiger partial charge >= 0.3 is 0 Å². The zero-order chi connectivity index (χ0) is 14.8. The monoisotopic (exact) mass is 317 g/mol. The first-order valence-corrected chi connectivity index (χ1v) is 9.77. The van der Waals surface area contributed by atoms with E-state index in [1.807, 2.05) is 11.8 Å². The van der Waals surface area contributed by atoms with Gasteiger partial charge in [-0.2, -0.15) is 11.8 Å². The molecule has 0 aliphatic rings. The van der Waals surface area contributed by atoms with E-state index in [0.717, 1.165) is 30.6 Å². The molecule has 114 valence electrons. The van der Waals surface area contributed by atoms with Crippen LogP contribution in [-0.2, 0) is 22.4 Å². The summed E-state index contributed by atoms with van der Waals surface area (Å²) < 4.78 is 26.4. The fourth-order valence-corrected chi connectivity index (χ4v) is 3.53. The summed E-state index contributed by atoms with van der Waals surface area (Å²) in [4.78, 5) is 0. The van der Waals surface area contributed by atoms with Crippen LogP contribution in [0.1, 0.15) is 30.4 Å². The van der Waals surface area contributed by atoms with Crippen LogP contribution in [0.15, 0.2) is 24.3 Å². The Labute approximate surface area is 126 Å². The molecule has 1 aromatic carbocycles. The van der Waals surface area contributed by atoms with Gasteiger partial charge in [-0.3, -0.25) is 0 Å². The molecule has 0 aromatic heterocycles. The van der Waals surface area contributed by atoms with Gasteiger partial charge < -0.3 is 5.11 Å². The third-order valence-corrected chi connectivity index (χ3v) is 4.93. The first-order valence-electron chi connectivity index (χ1n) is 6.72. The van der Waals surface area contributed by atoms with E-state index < -0.39 is 10.0 Å². The average molecular weight is 317 g/mol. The van der Waals surface area contributed by atoms with Gasteiger partial charge in [0, 0.05) is 6.54 Å². The van der Waals surface area contributed by atoms with E-state index in [2.05, 4.69) is 11.0 Å². The molecule has 0 radical (unpaired) electrons. The predicted octanol–water partition coefficient (Wildman–Crippen LogP) is 2.13. The molecule has 4 nitrogen and oxygen atoms in total. The molecule has 0 bridgehead atoms. The van der Waals surface area contributed by atoms with Crippen LogP contribution < -0.4 is 4.72 Å². The number of sulfonamides is 1. The Bertz CT molecular complexity index is 489. The number of unbranched alkanes of at least 4 members (excludes halogenated alkanes) is 2. The molecule has 0 spiro atoms. The minimum absolute atomic E-state index is 0.0361. The summed E-state index contributed by atoms with van der Waals surface area (Å²) in [5.74, 6) is 1.09. The SMILES string of the molecule is CSCCCCCNS(=O)(=O)Cc1cccc(CO)c1. The van der Waals surface area contributed by atoms with Gasteiger partial charge in [-0.25, -0.2) is 13.1 Å². The number of hydrogen-bond acceptors (Lipinski definition) is 4. The molecule has 20 heavy (non-hydrogen) atoms. The van der Waals surface area contributed by atoms with Crippen molar-refractivity contribution in [3.05, 3.63) is 35.4 Å². The van der Waals surface area contributed by atoms with E-state index in [9.17, 15) is 8.42 Å². The standard InChI is InChI=1S/C14H23NO3S2/c1-19-9-4-2-3-8-15-20(17,18)12-14-7-5-6-13(10-14)11-16/h5-7,10,15-16H,2-4,8-9,11-12H2,1H3. The molecule has 1 rings (SSSR count). The molecule has 0 atom stereocenters. The lowest BCUT2D eigenvalue weighted by molar-refractivity contribution is 0.282. The first kappa shape index (κ1) is 17.5. The van der Waals surface area contributed by atoms with Gasteiger partial charge in [-0.1, -0.05) is 30.7 Å². The number of hydrogen-bond donors (Lipinski definition) is 2. The molecule has 0 amide bonds. The van der Waals surface area contributed by atoms with Crippen LogP contribution >= 0.6 is 11.8 Å². The molecule has 1 aromatic rings. The van der Waals surface area contributed by atoms with Crippen LogP contribution in [0.4, 0.5) is 0 Å². The maximum Gasteiger partial charge on any atom is 0.215 e. The zero-order valence-electron chi connectivity index (χ0n) is 11.8. The number of nitrogens with one attached hydrogen (secondary N) is 1. The van der Waals surface area contributed by atoms with Crippen LogP contribution in [0.5, 0.6) is 0 Å². The van der Waals surface area contributed by atoms with Gasteiger partial charge in [0.15, 0.2) is 0 Å².